The molecule has 1 aromatic heterocycles. The van der Waals surface area contributed by atoms with Crippen molar-refractivity contribution in [3.05, 3.63) is 30.2 Å². The lowest BCUT2D eigenvalue weighted by Gasteiger charge is -2.13. The summed E-state index contributed by atoms with van der Waals surface area (Å²) >= 11 is 0. The number of rotatable bonds is 4. The lowest BCUT2D eigenvalue weighted by atomic mass is 10.0. The Hall–Kier alpha value is -1.93. The van der Waals surface area contributed by atoms with Crippen LogP contribution >= 0.6 is 0 Å². The first-order valence-electron chi connectivity index (χ1n) is 7.92. The lowest BCUT2D eigenvalue weighted by molar-refractivity contribution is 0.259. The summed E-state index contributed by atoms with van der Waals surface area (Å²) in [6.45, 7) is 2.13. The first kappa shape index (κ1) is 15.6. The molecular weight excluding hydrogens is 330 g/mol. The average molecular weight is 349 g/mol. The molecule has 1 aromatic carbocycles. The molecule has 0 radical (unpaired) electrons. The summed E-state index contributed by atoms with van der Waals surface area (Å²) in [5.41, 5.74) is 0.871. The van der Waals surface area contributed by atoms with Gasteiger partial charge in [0.25, 0.3) is 0 Å². The molecule has 128 valence electrons. The van der Waals surface area contributed by atoms with Crippen LogP contribution < -0.4 is 4.74 Å². The van der Waals surface area contributed by atoms with Crippen LogP contribution in [-0.2, 0) is 16.4 Å². The van der Waals surface area contributed by atoms with E-state index in [4.69, 9.17) is 9.26 Å². The first-order valence-corrected chi connectivity index (χ1v) is 9.74. The van der Waals surface area contributed by atoms with Gasteiger partial charge in [-0.3, -0.25) is 4.90 Å². The Kier molecular flexibility index (Phi) is 3.80. The molecule has 4 rings (SSSR count). The summed E-state index contributed by atoms with van der Waals surface area (Å²) in [6, 6.07) is 7.48. The van der Waals surface area contributed by atoms with Gasteiger partial charge in [-0.2, -0.15) is 4.98 Å². The molecule has 2 aliphatic heterocycles. The zero-order chi connectivity index (χ0) is 16.7. The van der Waals surface area contributed by atoms with E-state index in [-0.39, 0.29) is 11.8 Å². The van der Waals surface area contributed by atoms with E-state index >= 15 is 0 Å². The van der Waals surface area contributed by atoms with Gasteiger partial charge in [0, 0.05) is 18.7 Å². The molecule has 24 heavy (non-hydrogen) atoms. The van der Waals surface area contributed by atoms with E-state index in [0.29, 0.717) is 29.8 Å². The number of ether oxygens (including phenoxy) is 1. The van der Waals surface area contributed by atoms with E-state index < -0.39 is 9.84 Å². The van der Waals surface area contributed by atoms with Crippen molar-refractivity contribution in [1.29, 1.82) is 0 Å². The number of fused-ring (bicyclic) bond motifs is 1. The third kappa shape index (κ3) is 3.03. The summed E-state index contributed by atoms with van der Waals surface area (Å²) in [4.78, 5) is 6.65. The molecule has 0 N–H and O–H groups in total. The zero-order valence-corrected chi connectivity index (χ0v) is 14.2. The fourth-order valence-electron chi connectivity index (χ4n) is 3.63. The molecule has 2 aliphatic rings. The Morgan fingerprint density at radius 1 is 1.21 bits per heavy atom. The quantitative estimate of drug-likeness (QED) is 0.820. The molecule has 2 atom stereocenters. The molecule has 3 heterocycles. The number of aromatic nitrogens is 2. The van der Waals surface area contributed by atoms with E-state index in [1.807, 2.05) is 24.3 Å². The standard InChI is InChI=1S/C16H19N3O4S/c1-22-14-4-2-11(3-5-14)16-17-15(23-18-16)8-19-6-12-9-24(20,21)10-13(12)7-19/h2-5,12-13H,6-10H2,1H3/t12-,13+. The average Bonchev–Trinajstić information content (AvgIpc) is 3.21. The fraction of sp³-hybridized carbons (Fsp3) is 0.500. The molecule has 8 heteroatoms. The van der Waals surface area contributed by atoms with Crippen molar-refractivity contribution >= 4 is 9.84 Å². The maximum absolute atomic E-state index is 11.6. The van der Waals surface area contributed by atoms with Crippen LogP contribution in [0.4, 0.5) is 0 Å². The van der Waals surface area contributed by atoms with Crippen LogP contribution in [0.3, 0.4) is 0 Å². The maximum Gasteiger partial charge on any atom is 0.241 e. The van der Waals surface area contributed by atoms with Crippen molar-refractivity contribution < 1.29 is 17.7 Å². The van der Waals surface area contributed by atoms with E-state index in [1.54, 1.807) is 7.11 Å². The Bertz CT molecular complexity index is 811. The van der Waals surface area contributed by atoms with Crippen molar-refractivity contribution in [2.75, 3.05) is 31.7 Å². The van der Waals surface area contributed by atoms with Gasteiger partial charge in [0.1, 0.15) is 5.75 Å². The van der Waals surface area contributed by atoms with E-state index in [2.05, 4.69) is 15.0 Å². The monoisotopic (exact) mass is 349 g/mol. The number of sulfone groups is 1. The second kappa shape index (κ2) is 5.86. The second-order valence-corrected chi connectivity index (χ2v) is 8.69. The Balaban J connectivity index is 1.41. The molecule has 2 fully saturated rings. The number of hydrogen-bond donors (Lipinski definition) is 0. The topological polar surface area (TPSA) is 85.5 Å². The third-order valence-electron chi connectivity index (χ3n) is 4.76. The Morgan fingerprint density at radius 3 is 2.50 bits per heavy atom. The van der Waals surface area contributed by atoms with Gasteiger partial charge in [-0.1, -0.05) is 5.16 Å². The van der Waals surface area contributed by atoms with Gasteiger partial charge in [0.05, 0.1) is 25.2 Å². The SMILES string of the molecule is COc1ccc(-c2noc(CN3C[C@@H]4CS(=O)(=O)C[C@@H]4C3)n2)cc1. The predicted molar refractivity (Wildman–Crippen MR) is 87.2 cm³/mol. The summed E-state index contributed by atoms with van der Waals surface area (Å²) in [5, 5.41) is 4.03. The predicted octanol–water partition coefficient (Wildman–Crippen LogP) is 1.22. The summed E-state index contributed by atoms with van der Waals surface area (Å²) in [5.74, 6) is 3.02. The largest absolute Gasteiger partial charge is 0.497 e. The van der Waals surface area contributed by atoms with Crippen LogP contribution in [0.25, 0.3) is 11.4 Å². The van der Waals surface area contributed by atoms with Crippen LogP contribution in [0.2, 0.25) is 0 Å². The van der Waals surface area contributed by atoms with Crippen LogP contribution in [0, 0.1) is 11.8 Å². The normalized spacial score (nSPS) is 25.7. The summed E-state index contributed by atoms with van der Waals surface area (Å²) in [7, 11) is -1.20. The molecule has 7 nitrogen and oxygen atoms in total. The van der Waals surface area contributed by atoms with E-state index in [0.717, 1.165) is 24.4 Å². The van der Waals surface area contributed by atoms with Crippen LogP contribution in [-0.4, -0.2) is 55.2 Å². The molecule has 0 unspecified atom stereocenters. The highest BCUT2D eigenvalue weighted by Gasteiger charge is 2.43. The van der Waals surface area contributed by atoms with Gasteiger partial charge >= 0.3 is 0 Å². The fourth-order valence-corrected chi connectivity index (χ4v) is 5.83. The molecule has 0 amide bonds. The number of methoxy groups -OCH3 is 1. The minimum Gasteiger partial charge on any atom is -0.497 e. The van der Waals surface area contributed by atoms with Crippen LogP contribution in [0.5, 0.6) is 5.75 Å². The highest BCUT2D eigenvalue weighted by Crippen LogP contribution is 2.33. The zero-order valence-electron chi connectivity index (χ0n) is 13.4. The van der Waals surface area contributed by atoms with Crippen LogP contribution in [0.1, 0.15) is 5.89 Å². The van der Waals surface area contributed by atoms with Crippen molar-refractivity contribution in [3.63, 3.8) is 0 Å². The van der Waals surface area contributed by atoms with Crippen LogP contribution in [0.15, 0.2) is 28.8 Å². The summed E-state index contributed by atoms with van der Waals surface area (Å²) in [6.07, 6.45) is 0. The summed E-state index contributed by atoms with van der Waals surface area (Å²) < 4.78 is 33.8. The Labute approximate surface area is 140 Å². The molecular formula is C16H19N3O4S. The molecule has 2 saturated heterocycles. The number of hydrogen-bond acceptors (Lipinski definition) is 7. The van der Waals surface area contributed by atoms with E-state index in [1.165, 1.54) is 0 Å². The second-order valence-electron chi connectivity index (χ2n) is 6.53. The highest BCUT2D eigenvalue weighted by atomic mass is 32.2. The van der Waals surface area contributed by atoms with Gasteiger partial charge in [-0.25, -0.2) is 8.42 Å². The minimum atomic E-state index is -2.83. The molecule has 0 bridgehead atoms. The maximum atomic E-state index is 11.6. The van der Waals surface area contributed by atoms with Gasteiger partial charge in [-0.05, 0) is 36.1 Å². The molecule has 0 saturated carbocycles. The van der Waals surface area contributed by atoms with E-state index in [9.17, 15) is 8.42 Å². The lowest BCUT2D eigenvalue weighted by Crippen LogP contribution is -2.24. The third-order valence-corrected chi connectivity index (χ3v) is 6.64. The smallest absolute Gasteiger partial charge is 0.241 e. The van der Waals surface area contributed by atoms with Crippen molar-refractivity contribution in [3.8, 4) is 17.1 Å². The minimum absolute atomic E-state index is 0.249. The molecule has 0 spiro atoms. The number of nitrogens with zero attached hydrogens (tertiary/aromatic N) is 3. The van der Waals surface area contributed by atoms with Gasteiger partial charge in [-0.15, -0.1) is 0 Å². The molecule has 2 aromatic rings. The Morgan fingerprint density at radius 2 is 1.88 bits per heavy atom. The number of benzene rings is 1. The van der Waals surface area contributed by atoms with Gasteiger partial charge in [0.2, 0.25) is 11.7 Å². The van der Waals surface area contributed by atoms with Crippen molar-refractivity contribution in [2.24, 2.45) is 11.8 Å². The van der Waals surface area contributed by atoms with Crippen molar-refractivity contribution in [2.45, 2.75) is 6.54 Å². The highest BCUT2D eigenvalue weighted by molar-refractivity contribution is 7.91. The van der Waals surface area contributed by atoms with Crippen molar-refractivity contribution in [1.82, 2.24) is 15.0 Å². The molecule has 0 aliphatic carbocycles. The van der Waals surface area contributed by atoms with Gasteiger partial charge in [0.15, 0.2) is 9.84 Å². The van der Waals surface area contributed by atoms with Gasteiger partial charge < -0.3 is 9.26 Å². The number of likely N-dealkylation sites (tertiary alicyclic amines) is 1. The first-order chi connectivity index (χ1) is 11.5.